The fourth-order valence-corrected chi connectivity index (χ4v) is 1.50. The SMILES string of the molecule is CCNC(=O)C(C)NC(=O)c1ccc(O)c(Cl)c1. The minimum absolute atomic E-state index is 0.0910. The summed E-state index contributed by atoms with van der Waals surface area (Å²) in [6.45, 7) is 3.89. The van der Waals surface area contributed by atoms with Crippen molar-refractivity contribution in [2.45, 2.75) is 19.9 Å². The first-order valence-corrected chi connectivity index (χ1v) is 5.90. The van der Waals surface area contributed by atoms with E-state index in [0.717, 1.165) is 0 Å². The van der Waals surface area contributed by atoms with Crippen molar-refractivity contribution in [2.75, 3.05) is 6.54 Å². The van der Waals surface area contributed by atoms with Crippen molar-refractivity contribution in [3.8, 4) is 5.75 Å². The standard InChI is InChI=1S/C12H15ClN2O3/c1-3-14-11(17)7(2)15-12(18)8-4-5-10(16)9(13)6-8/h4-7,16H,3H2,1-2H3,(H,14,17)(H,15,18). The summed E-state index contributed by atoms with van der Waals surface area (Å²) in [6.07, 6.45) is 0. The van der Waals surface area contributed by atoms with Gasteiger partial charge in [0.1, 0.15) is 11.8 Å². The molecular weight excluding hydrogens is 256 g/mol. The number of phenolic OH excluding ortho intramolecular Hbond substituents is 1. The normalized spacial score (nSPS) is 11.7. The van der Waals surface area contributed by atoms with E-state index in [1.807, 2.05) is 0 Å². The number of carbonyl (C=O) groups excluding carboxylic acids is 2. The lowest BCUT2D eigenvalue weighted by Gasteiger charge is -2.13. The number of halogens is 1. The van der Waals surface area contributed by atoms with Gasteiger partial charge >= 0.3 is 0 Å². The van der Waals surface area contributed by atoms with Crippen LogP contribution in [0.5, 0.6) is 5.75 Å². The van der Waals surface area contributed by atoms with Crippen LogP contribution in [-0.2, 0) is 4.79 Å². The first kappa shape index (κ1) is 14.3. The Hall–Kier alpha value is -1.75. The number of likely N-dealkylation sites (N-methyl/N-ethyl adjacent to an activating group) is 1. The minimum Gasteiger partial charge on any atom is -0.506 e. The zero-order chi connectivity index (χ0) is 13.7. The van der Waals surface area contributed by atoms with Crippen LogP contribution in [0.25, 0.3) is 0 Å². The van der Waals surface area contributed by atoms with Crippen LogP contribution in [-0.4, -0.2) is 29.5 Å². The molecule has 0 aliphatic carbocycles. The summed E-state index contributed by atoms with van der Waals surface area (Å²) in [5, 5.41) is 14.5. The second kappa shape index (κ2) is 6.26. The molecule has 1 rings (SSSR count). The predicted molar refractivity (Wildman–Crippen MR) is 68.7 cm³/mol. The smallest absolute Gasteiger partial charge is 0.251 e. The van der Waals surface area contributed by atoms with E-state index in [9.17, 15) is 14.7 Å². The molecule has 3 N–H and O–H groups in total. The lowest BCUT2D eigenvalue weighted by atomic mass is 10.2. The van der Waals surface area contributed by atoms with Crippen LogP contribution < -0.4 is 10.6 Å². The maximum absolute atomic E-state index is 11.8. The summed E-state index contributed by atoms with van der Waals surface area (Å²) in [5.41, 5.74) is 0.286. The van der Waals surface area contributed by atoms with Gasteiger partial charge in [-0.2, -0.15) is 0 Å². The number of amides is 2. The van der Waals surface area contributed by atoms with Crippen molar-refractivity contribution < 1.29 is 14.7 Å². The summed E-state index contributed by atoms with van der Waals surface area (Å²) >= 11 is 5.70. The van der Waals surface area contributed by atoms with E-state index in [0.29, 0.717) is 6.54 Å². The Morgan fingerprint density at radius 1 is 1.44 bits per heavy atom. The quantitative estimate of drug-likeness (QED) is 0.772. The van der Waals surface area contributed by atoms with Crippen molar-refractivity contribution in [2.24, 2.45) is 0 Å². The first-order chi connectivity index (χ1) is 8.45. The number of hydrogen-bond donors (Lipinski definition) is 3. The Balaban J connectivity index is 2.70. The highest BCUT2D eigenvalue weighted by molar-refractivity contribution is 6.32. The number of nitrogens with one attached hydrogen (secondary N) is 2. The van der Waals surface area contributed by atoms with Crippen LogP contribution in [0.15, 0.2) is 18.2 Å². The van der Waals surface area contributed by atoms with E-state index in [1.165, 1.54) is 18.2 Å². The zero-order valence-electron chi connectivity index (χ0n) is 10.2. The lowest BCUT2D eigenvalue weighted by Crippen LogP contribution is -2.44. The van der Waals surface area contributed by atoms with Gasteiger partial charge in [0.15, 0.2) is 0 Å². The van der Waals surface area contributed by atoms with Gasteiger partial charge < -0.3 is 15.7 Å². The third-order valence-corrected chi connectivity index (χ3v) is 2.60. The number of hydrogen-bond acceptors (Lipinski definition) is 3. The fourth-order valence-electron chi connectivity index (χ4n) is 1.32. The fraction of sp³-hybridized carbons (Fsp3) is 0.333. The monoisotopic (exact) mass is 270 g/mol. The molecule has 1 atom stereocenters. The topological polar surface area (TPSA) is 78.4 Å². The average Bonchev–Trinajstić information content (AvgIpc) is 2.32. The molecule has 0 spiro atoms. The Morgan fingerprint density at radius 3 is 2.67 bits per heavy atom. The van der Waals surface area contributed by atoms with Gasteiger partial charge in [-0.25, -0.2) is 0 Å². The van der Waals surface area contributed by atoms with Crippen LogP contribution >= 0.6 is 11.6 Å². The molecule has 18 heavy (non-hydrogen) atoms. The molecule has 98 valence electrons. The number of benzene rings is 1. The molecule has 0 aliphatic heterocycles. The van der Waals surface area contributed by atoms with E-state index in [1.54, 1.807) is 13.8 Å². The molecule has 1 unspecified atom stereocenters. The lowest BCUT2D eigenvalue weighted by molar-refractivity contribution is -0.122. The number of carbonyl (C=O) groups is 2. The van der Waals surface area contributed by atoms with Crippen LogP contribution in [0.3, 0.4) is 0 Å². The highest BCUT2D eigenvalue weighted by Gasteiger charge is 2.16. The number of phenols is 1. The highest BCUT2D eigenvalue weighted by Crippen LogP contribution is 2.23. The molecule has 0 radical (unpaired) electrons. The average molecular weight is 271 g/mol. The van der Waals surface area contributed by atoms with Crippen LogP contribution in [0, 0.1) is 0 Å². The molecule has 0 aliphatic rings. The first-order valence-electron chi connectivity index (χ1n) is 5.52. The van der Waals surface area contributed by atoms with Gasteiger partial charge in [0, 0.05) is 12.1 Å². The van der Waals surface area contributed by atoms with E-state index in [2.05, 4.69) is 10.6 Å². The molecule has 0 heterocycles. The third-order valence-electron chi connectivity index (χ3n) is 2.30. The van der Waals surface area contributed by atoms with E-state index in [4.69, 9.17) is 11.6 Å². The Morgan fingerprint density at radius 2 is 2.11 bits per heavy atom. The molecule has 0 fully saturated rings. The van der Waals surface area contributed by atoms with Crippen LogP contribution in [0.2, 0.25) is 5.02 Å². The number of aromatic hydroxyl groups is 1. The maximum atomic E-state index is 11.8. The highest BCUT2D eigenvalue weighted by atomic mass is 35.5. The van der Waals surface area contributed by atoms with Crippen LogP contribution in [0.4, 0.5) is 0 Å². The second-order valence-corrected chi connectivity index (χ2v) is 4.16. The van der Waals surface area contributed by atoms with Gasteiger partial charge in [0.2, 0.25) is 5.91 Å². The summed E-state index contributed by atoms with van der Waals surface area (Å²) in [6, 6.07) is 3.47. The molecule has 0 saturated carbocycles. The molecule has 0 saturated heterocycles. The molecular formula is C12H15ClN2O3. The van der Waals surface area contributed by atoms with Crippen LogP contribution in [0.1, 0.15) is 24.2 Å². The number of rotatable bonds is 4. The van der Waals surface area contributed by atoms with E-state index >= 15 is 0 Å². The summed E-state index contributed by atoms with van der Waals surface area (Å²) in [4.78, 5) is 23.2. The van der Waals surface area contributed by atoms with Crippen molar-refractivity contribution in [3.05, 3.63) is 28.8 Å². The maximum Gasteiger partial charge on any atom is 0.251 e. The largest absolute Gasteiger partial charge is 0.506 e. The molecule has 5 nitrogen and oxygen atoms in total. The van der Waals surface area contributed by atoms with Crippen molar-refractivity contribution in [1.82, 2.24) is 10.6 Å². The van der Waals surface area contributed by atoms with Gasteiger partial charge in [0.25, 0.3) is 5.91 Å². The van der Waals surface area contributed by atoms with Gasteiger partial charge in [-0.05, 0) is 32.0 Å². The molecule has 6 heteroatoms. The van der Waals surface area contributed by atoms with Gasteiger partial charge in [-0.1, -0.05) is 11.6 Å². The summed E-state index contributed by atoms with van der Waals surface area (Å²) in [7, 11) is 0. The summed E-state index contributed by atoms with van der Waals surface area (Å²) in [5.74, 6) is -0.767. The predicted octanol–water partition coefficient (Wildman–Crippen LogP) is 1.30. The van der Waals surface area contributed by atoms with Crippen molar-refractivity contribution in [1.29, 1.82) is 0 Å². The zero-order valence-corrected chi connectivity index (χ0v) is 10.9. The van der Waals surface area contributed by atoms with Gasteiger partial charge in [-0.3, -0.25) is 9.59 Å². The Bertz CT molecular complexity index is 463. The Labute approximate surface area is 110 Å². The molecule has 1 aromatic carbocycles. The Kier molecular flexibility index (Phi) is 4.97. The molecule has 0 bridgehead atoms. The third kappa shape index (κ3) is 3.63. The van der Waals surface area contributed by atoms with E-state index < -0.39 is 11.9 Å². The van der Waals surface area contributed by atoms with E-state index in [-0.39, 0.29) is 22.2 Å². The van der Waals surface area contributed by atoms with Gasteiger partial charge in [0.05, 0.1) is 5.02 Å². The summed E-state index contributed by atoms with van der Waals surface area (Å²) < 4.78 is 0. The second-order valence-electron chi connectivity index (χ2n) is 3.76. The molecule has 2 amide bonds. The molecule has 1 aromatic rings. The minimum atomic E-state index is -0.634. The van der Waals surface area contributed by atoms with Gasteiger partial charge in [-0.15, -0.1) is 0 Å². The van der Waals surface area contributed by atoms with Crippen molar-refractivity contribution in [3.63, 3.8) is 0 Å². The van der Waals surface area contributed by atoms with Crippen molar-refractivity contribution >= 4 is 23.4 Å². The molecule has 0 aromatic heterocycles.